The molecule has 2 N–H and O–H groups in total. The van der Waals surface area contributed by atoms with Gasteiger partial charge in [0.2, 0.25) is 0 Å². The van der Waals surface area contributed by atoms with Gasteiger partial charge in [-0.05, 0) is 48.2 Å². The molecule has 0 aliphatic heterocycles. The molecule has 0 saturated carbocycles. The molecular weight excluding hydrogens is 275 g/mol. The third-order valence-electron chi connectivity index (χ3n) is 3.69. The van der Waals surface area contributed by atoms with Crippen LogP contribution in [0.15, 0.2) is 36.4 Å². The maximum Gasteiger partial charge on any atom is 0.296 e. The molecule has 0 radical (unpaired) electrons. The lowest BCUT2D eigenvalue weighted by Crippen LogP contribution is -2.08. The van der Waals surface area contributed by atoms with Crippen LogP contribution >= 0.6 is 0 Å². The van der Waals surface area contributed by atoms with E-state index in [-0.39, 0.29) is 23.3 Å². The first-order valence-corrected chi connectivity index (χ1v) is 6.57. The van der Waals surface area contributed by atoms with Gasteiger partial charge in [0.1, 0.15) is 17.3 Å². The largest absolute Gasteiger partial charge is 0.508 e. The van der Waals surface area contributed by atoms with Crippen LogP contribution in [0.25, 0.3) is 0 Å². The molecule has 5 nitrogen and oxygen atoms in total. The summed E-state index contributed by atoms with van der Waals surface area (Å²) in [7, 11) is 0. The zero-order valence-corrected chi connectivity index (χ0v) is 11.0. The third kappa shape index (κ3) is 2.52. The van der Waals surface area contributed by atoms with Crippen molar-refractivity contribution in [2.45, 2.75) is 18.9 Å². The standard InChI is InChI=1S/C15H13FN2O3/c16-10-2-4-12-9(7-10)1-5-13(12)17-14-6-3-11(19)8-15(14)18(20)21/h2-4,6-8,13,17,19H,1,5H2. The zero-order chi connectivity index (χ0) is 15.0. The highest BCUT2D eigenvalue weighted by atomic mass is 19.1. The number of aryl methyl sites for hydroxylation is 1. The predicted octanol–water partition coefficient (Wildman–Crippen LogP) is 3.54. The fourth-order valence-corrected chi connectivity index (χ4v) is 2.72. The van der Waals surface area contributed by atoms with Gasteiger partial charge in [-0.15, -0.1) is 0 Å². The summed E-state index contributed by atoms with van der Waals surface area (Å²) in [6.45, 7) is 0. The van der Waals surface area contributed by atoms with Crippen molar-refractivity contribution >= 4 is 11.4 Å². The lowest BCUT2D eigenvalue weighted by molar-refractivity contribution is -0.384. The minimum Gasteiger partial charge on any atom is -0.508 e. The van der Waals surface area contributed by atoms with E-state index in [1.807, 2.05) is 0 Å². The van der Waals surface area contributed by atoms with Crippen LogP contribution in [0.3, 0.4) is 0 Å². The molecule has 0 heterocycles. The second-order valence-electron chi connectivity index (χ2n) is 5.04. The molecule has 6 heteroatoms. The lowest BCUT2D eigenvalue weighted by atomic mass is 10.1. The Morgan fingerprint density at radius 3 is 2.86 bits per heavy atom. The number of hydrogen-bond donors (Lipinski definition) is 2. The molecular formula is C15H13FN2O3. The van der Waals surface area contributed by atoms with Gasteiger partial charge in [-0.2, -0.15) is 0 Å². The first kappa shape index (κ1) is 13.4. The van der Waals surface area contributed by atoms with E-state index in [1.165, 1.54) is 24.3 Å². The van der Waals surface area contributed by atoms with E-state index in [4.69, 9.17) is 0 Å². The van der Waals surface area contributed by atoms with Crippen molar-refractivity contribution in [2.24, 2.45) is 0 Å². The lowest BCUT2D eigenvalue weighted by Gasteiger charge is -2.15. The molecule has 21 heavy (non-hydrogen) atoms. The highest BCUT2D eigenvalue weighted by Gasteiger charge is 2.25. The number of nitrogens with one attached hydrogen (secondary N) is 1. The number of fused-ring (bicyclic) bond motifs is 1. The summed E-state index contributed by atoms with van der Waals surface area (Å²) in [5, 5.41) is 23.5. The van der Waals surface area contributed by atoms with Crippen molar-refractivity contribution in [2.75, 3.05) is 5.32 Å². The number of halogens is 1. The number of benzene rings is 2. The molecule has 1 unspecified atom stereocenters. The van der Waals surface area contributed by atoms with Gasteiger partial charge in [-0.3, -0.25) is 10.1 Å². The number of anilines is 1. The maximum absolute atomic E-state index is 13.2. The van der Waals surface area contributed by atoms with Crippen molar-refractivity contribution in [1.82, 2.24) is 0 Å². The van der Waals surface area contributed by atoms with E-state index in [9.17, 15) is 19.6 Å². The molecule has 1 atom stereocenters. The number of phenols is 1. The first-order valence-electron chi connectivity index (χ1n) is 6.57. The van der Waals surface area contributed by atoms with Crippen molar-refractivity contribution in [3.63, 3.8) is 0 Å². The molecule has 0 amide bonds. The van der Waals surface area contributed by atoms with Gasteiger partial charge in [0.25, 0.3) is 5.69 Å². The predicted molar refractivity (Wildman–Crippen MR) is 75.8 cm³/mol. The molecule has 108 valence electrons. The Hall–Kier alpha value is -2.63. The van der Waals surface area contributed by atoms with E-state index >= 15 is 0 Å². The van der Waals surface area contributed by atoms with Crippen molar-refractivity contribution in [3.05, 3.63) is 63.5 Å². The van der Waals surface area contributed by atoms with Crippen molar-refractivity contribution in [3.8, 4) is 5.75 Å². The number of nitrogens with zero attached hydrogens (tertiary/aromatic N) is 1. The number of phenolic OH excluding ortho intramolecular Hbond substituents is 1. The van der Waals surface area contributed by atoms with Gasteiger partial charge in [-0.1, -0.05) is 6.07 Å². The normalized spacial score (nSPS) is 16.5. The molecule has 1 aliphatic rings. The Kier molecular flexibility index (Phi) is 3.21. The van der Waals surface area contributed by atoms with Gasteiger partial charge in [0.15, 0.2) is 0 Å². The molecule has 0 saturated heterocycles. The average Bonchev–Trinajstić information content (AvgIpc) is 2.82. The van der Waals surface area contributed by atoms with Gasteiger partial charge >= 0.3 is 0 Å². The molecule has 1 aliphatic carbocycles. The number of hydrogen-bond acceptors (Lipinski definition) is 4. The monoisotopic (exact) mass is 288 g/mol. The third-order valence-corrected chi connectivity index (χ3v) is 3.69. The van der Waals surface area contributed by atoms with Crippen LogP contribution in [0.1, 0.15) is 23.6 Å². The second-order valence-corrected chi connectivity index (χ2v) is 5.04. The average molecular weight is 288 g/mol. The van der Waals surface area contributed by atoms with Crippen molar-refractivity contribution in [1.29, 1.82) is 0 Å². The van der Waals surface area contributed by atoms with E-state index < -0.39 is 4.92 Å². The van der Waals surface area contributed by atoms with Gasteiger partial charge < -0.3 is 10.4 Å². The summed E-state index contributed by atoms with van der Waals surface area (Å²) in [6, 6.07) is 8.51. The number of aromatic hydroxyl groups is 1. The van der Waals surface area contributed by atoms with E-state index in [1.54, 1.807) is 6.07 Å². The summed E-state index contributed by atoms with van der Waals surface area (Å²) in [4.78, 5) is 10.5. The highest BCUT2D eigenvalue weighted by Crippen LogP contribution is 2.37. The summed E-state index contributed by atoms with van der Waals surface area (Å²) < 4.78 is 13.2. The van der Waals surface area contributed by atoms with Gasteiger partial charge in [0, 0.05) is 0 Å². The number of nitro groups is 1. The number of rotatable bonds is 3. The summed E-state index contributed by atoms with van der Waals surface area (Å²) in [6.07, 6.45) is 1.48. The Bertz CT molecular complexity index is 718. The van der Waals surface area contributed by atoms with Crippen LogP contribution < -0.4 is 5.32 Å². The molecule has 3 rings (SSSR count). The molecule has 0 aromatic heterocycles. The fourth-order valence-electron chi connectivity index (χ4n) is 2.72. The van der Waals surface area contributed by atoms with Crippen LogP contribution in [0.2, 0.25) is 0 Å². The van der Waals surface area contributed by atoms with Gasteiger partial charge in [0.05, 0.1) is 17.0 Å². The first-order chi connectivity index (χ1) is 10.0. The van der Waals surface area contributed by atoms with E-state index in [0.717, 1.165) is 30.0 Å². The molecule has 0 spiro atoms. The van der Waals surface area contributed by atoms with Crippen LogP contribution in [-0.2, 0) is 6.42 Å². The van der Waals surface area contributed by atoms with Crippen LogP contribution in [0.5, 0.6) is 5.75 Å². The molecule has 0 fully saturated rings. The maximum atomic E-state index is 13.2. The quantitative estimate of drug-likeness (QED) is 0.514. The second kappa shape index (κ2) is 5.05. The van der Waals surface area contributed by atoms with Crippen LogP contribution in [0, 0.1) is 15.9 Å². The topological polar surface area (TPSA) is 75.4 Å². The minimum atomic E-state index is -0.539. The van der Waals surface area contributed by atoms with Gasteiger partial charge in [-0.25, -0.2) is 4.39 Å². The van der Waals surface area contributed by atoms with Crippen LogP contribution in [0.4, 0.5) is 15.8 Å². The zero-order valence-electron chi connectivity index (χ0n) is 11.0. The SMILES string of the molecule is O=[N+]([O-])c1cc(O)ccc1NC1CCc2cc(F)ccc21. The smallest absolute Gasteiger partial charge is 0.296 e. The molecule has 0 bridgehead atoms. The fraction of sp³-hybridized carbons (Fsp3) is 0.200. The van der Waals surface area contributed by atoms with E-state index in [0.29, 0.717) is 5.69 Å². The Morgan fingerprint density at radius 1 is 1.29 bits per heavy atom. The summed E-state index contributed by atoms with van der Waals surface area (Å²) in [5.41, 5.74) is 2.05. The Morgan fingerprint density at radius 2 is 2.10 bits per heavy atom. The Balaban J connectivity index is 1.91. The number of nitro benzene ring substituents is 1. The summed E-state index contributed by atoms with van der Waals surface area (Å²) >= 11 is 0. The molecule has 2 aromatic rings. The Labute approximate surface area is 120 Å². The molecule has 2 aromatic carbocycles. The summed E-state index contributed by atoms with van der Waals surface area (Å²) in [5.74, 6) is -0.425. The minimum absolute atomic E-state index is 0.0937. The van der Waals surface area contributed by atoms with Crippen molar-refractivity contribution < 1.29 is 14.4 Å². The van der Waals surface area contributed by atoms with Crippen LogP contribution in [-0.4, -0.2) is 10.0 Å². The van der Waals surface area contributed by atoms with E-state index in [2.05, 4.69) is 5.32 Å². The highest BCUT2D eigenvalue weighted by molar-refractivity contribution is 5.65.